The summed E-state index contributed by atoms with van der Waals surface area (Å²) in [6.07, 6.45) is 0. The molecule has 27 heavy (non-hydrogen) atoms. The summed E-state index contributed by atoms with van der Waals surface area (Å²) >= 11 is 0. The van der Waals surface area contributed by atoms with E-state index in [1.54, 1.807) is 6.07 Å². The van der Waals surface area contributed by atoms with Gasteiger partial charge in [-0.2, -0.15) is 0 Å². The fraction of sp³-hybridized carbons (Fsp3) is 0.350. The predicted molar refractivity (Wildman–Crippen MR) is 105 cm³/mol. The van der Waals surface area contributed by atoms with Crippen LogP contribution in [0.1, 0.15) is 0 Å². The lowest BCUT2D eigenvalue weighted by Crippen LogP contribution is -2.42. The monoisotopic (exact) mass is 386 g/mol. The van der Waals surface area contributed by atoms with Crippen LogP contribution < -0.4 is 5.32 Å². The van der Waals surface area contributed by atoms with Gasteiger partial charge in [-0.3, -0.25) is 13.9 Å². The zero-order valence-electron chi connectivity index (χ0n) is 15.0. The number of nitrogens with one attached hydrogen (secondary N) is 1. The van der Waals surface area contributed by atoms with Crippen molar-refractivity contribution in [1.82, 2.24) is 10.2 Å². The van der Waals surface area contributed by atoms with Crippen LogP contribution in [0.15, 0.2) is 51.8 Å². The molecule has 0 bridgehead atoms. The Bertz CT molecular complexity index is 978. The van der Waals surface area contributed by atoms with Gasteiger partial charge in [0, 0.05) is 41.8 Å². The lowest BCUT2D eigenvalue weighted by atomic mass is 10.1. The highest BCUT2D eigenvalue weighted by Crippen LogP contribution is 2.29. The number of furan rings is 1. The zero-order chi connectivity index (χ0) is 18.6. The van der Waals surface area contributed by atoms with Crippen LogP contribution in [0.5, 0.6) is 0 Å². The summed E-state index contributed by atoms with van der Waals surface area (Å²) < 4.78 is 23.7. The molecule has 2 aromatic carbocycles. The van der Waals surface area contributed by atoms with Crippen LogP contribution in [0.25, 0.3) is 21.9 Å². The van der Waals surface area contributed by atoms with E-state index in [4.69, 9.17) is 9.15 Å². The van der Waals surface area contributed by atoms with Crippen molar-refractivity contribution in [2.75, 3.05) is 45.1 Å². The molecule has 1 saturated heterocycles. The summed E-state index contributed by atoms with van der Waals surface area (Å²) in [5, 5.41) is 4.77. The lowest BCUT2D eigenvalue weighted by Gasteiger charge is -2.26. The molecule has 2 heterocycles. The molecule has 1 aromatic heterocycles. The molecule has 0 radical (unpaired) electrons. The standard InChI is InChI=1S/C20H22N2O4S/c23-20(21-7-8-22-9-11-25-12-10-22)14-27(24)15-5-6-19-17(13-15)16-3-1-2-4-18(16)26-19/h1-6,13H,7-12,14H2,(H,21,23). The lowest BCUT2D eigenvalue weighted by molar-refractivity contribution is -0.118. The minimum Gasteiger partial charge on any atom is -0.456 e. The average Bonchev–Trinajstić information content (AvgIpc) is 3.06. The molecule has 1 fully saturated rings. The predicted octanol–water partition coefficient (Wildman–Crippen LogP) is 2.14. The largest absolute Gasteiger partial charge is 0.456 e. The van der Waals surface area contributed by atoms with Crippen LogP contribution in [0.4, 0.5) is 0 Å². The highest BCUT2D eigenvalue weighted by Gasteiger charge is 2.14. The first-order valence-electron chi connectivity index (χ1n) is 9.07. The molecule has 1 N–H and O–H groups in total. The Morgan fingerprint density at radius 1 is 1.07 bits per heavy atom. The van der Waals surface area contributed by atoms with E-state index >= 15 is 0 Å². The SMILES string of the molecule is O=C(CS(=O)c1ccc2oc3ccccc3c2c1)NCCN1CCOCC1. The quantitative estimate of drug-likeness (QED) is 0.703. The molecule has 0 spiro atoms. The number of hydrogen-bond acceptors (Lipinski definition) is 5. The van der Waals surface area contributed by atoms with Gasteiger partial charge < -0.3 is 14.5 Å². The molecule has 1 aliphatic heterocycles. The molecule has 0 saturated carbocycles. The molecule has 3 aromatic rings. The van der Waals surface area contributed by atoms with E-state index in [9.17, 15) is 9.00 Å². The van der Waals surface area contributed by atoms with Gasteiger partial charge in [0.2, 0.25) is 5.91 Å². The number of nitrogens with zero attached hydrogens (tertiary/aromatic N) is 1. The summed E-state index contributed by atoms with van der Waals surface area (Å²) in [7, 11) is -1.39. The van der Waals surface area contributed by atoms with Crippen molar-refractivity contribution in [3.8, 4) is 0 Å². The molecule has 6 nitrogen and oxygen atoms in total. The number of ether oxygens (including phenoxy) is 1. The normalized spacial score (nSPS) is 16.6. The number of benzene rings is 2. The van der Waals surface area contributed by atoms with Gasteiger partial charge in [0.25, 0.3) is 0 Å². The second-order valence-electron chi connectivity index (χ2n) is 6.55. The van der Waals surface area contributed by atoms with E-state index in [1.807, 2.05) is 36.4 Å². The van der Waals surface area contributed by atoms with Crippen molar-refractivity contribution in [3.05, 3.63) is 42.5 Å². The smallest absolute Gasteiger partial charge is 0.233 e. The molecule has 1 amide bonds. The Balaban J connectivity index is 1.37. The van der Waals surface area contributed by atoms with Gasteiger partial charge in [0.15, 0.2) is 0 Å². The first-order chi connectivity index (χ1) is 13.2. The summed E-state index contributed by atoms with van der Waals surface area (Å²) in [6.45, 7) is 4.60. The zero-order valence-corrected chi connectivity index (χ0v) is 15.8. The van der Waals surface area contributed by atoms with Gasteiger partial charge in [-0.05, 0) is 24.3 Å². The summed E-state index contributed by atoms with van der Waals surface area (Å²) in [6, 6.07) is 13.2. The van der Waals surface area contributed by atoms with Crippen LogP contribution in [-0.4, -0.2) is 60.2 Å². The van der Waals surface area contributed by atoms with Crippen molar-refractivity contribution in [2.24, 2.45) is 0 Å². The molecule has 1 unspecified atom stereocenters. The van der Waals surface area contributed by atoms with Crippen molar-refractivity contribution in [2.45, 2.75) is 4.90 Å². The first-order valence-corrected chi connectivity index (χ1v) is 10.4. The van der Waals surface area contributed by atoms with E-state index < -0.39 is 10.8 Å². The average molecular weight is 386 g/mol. The Labute approximate surface area is 159 Å². The molecule has 0 aliphatic carbocycles. The van der Waals surface area contributed by atoms with Crippen LogP contribution in [-0.2, 0) is 20.3 Å². The third-order valence-electron chi connectivity index (χ3n) is 4.73. The first kappa shape index (κ1) is 18.2. The third-order valence-corrected chi connectivity index (χ3v) is 6.03. The second-order valence-corrected chi connectivity index (χ2v) is 8.00. The number of para-hydroxylation sites is 1. The van der Waals surface area contributed by atoms with Gasteiger partial charge in [0.1, 0.15) is 16.9 Å². The topological polar surface area (TPSA) is 71.8 Å². The molecule has 7 heteroatoms. The van der Waals surface area contributed by atoms with E-state index in [0.29, 0.717) is 11.4 Å². The minimum atomic E-state index is -1.39. The summed E-state index contributed by atoms with van der Waals surface area (Å²) in [4.78, 5) is 15.0. The van der Waals surface area contributed by atoms with Crippen molar-refractivity contribution < 1.29 is 18.2 Å². The highest BCUT2D eigenvalue weighted by molar-refractivity contribution is 7.85. The van der Waals surface area contributed by atoms with Gasteiger partial charge in [-0.1, -0.05) is 18.2 Å². The van der Waals surface area contributed by atoms with Gasteiger partial charge >= 0.3 is 0 Å². The highest BCUT2D eigenvalue weighted by atomic mass is 32.2. The van der Waals surface area contributed by atoms with Gasteiger partial charge in [-0.15, -0.1) is 0 Å². The van der Waals surface area contributed by atoms with Crippen molar-refractivity contribution in [3.63, 3.8) is 0 Å². The Morgan fingerprint density at radius 2 is 1.85 bits per heavy atom. The molecular formula is C20H22N2O4S. The maximum absolute atomic E-state index is 12.6. The molecule has 1 aliphatic rings. The number of hydrogen-bond donors (Lipinski definition) is 1. The molecule has 142 valence electrons. The van der Waals surface area contributed by atoms with E-state index in [2.05, 4.69) is 10.2 Å². The Kier molecular flexibility index (Phi) is 5.52. The second kappa shape index (κ2) is 8.21. The summed E-state index contributed by atoms with van der Waals surface area (Å²) in [5.74, 6) is -0.233. The number of morpholine rings is 1. The summed E-state index contributed by atoms with van der Waals surface area (Å²) in [5.41, 5.74) is 1.56. The van der Waals surface area contributed by atoms with Gasteiger partial charge in [-0.25, -0.2) is 0 Å². The number of carbonyl (C=O) groups excluding carboxylic acids is 1. The number of carbonyl (C=O) groups is 1. The number of rotatable bonds is 6. The van der Waals surface area contributed by atoms with Crippen molar-refractivity contribution >= 4 is 38.6 Å². The molecule has 4 rings (SSSR count). The third kappa shape index (κ3) is 4.21. The van der Waals surface area contributed by atoms with Crippen molar-refractivity contribution in [1.29, 1.82) is 0 Å². The van der Waals surface area contributed by atoms with E-state index in [0.717, 1.165) is 54.8 Å². The maximum atomic E-state index is 12.6. The van der Waals surface area contributed by atoms with Crippen LogP contribution >= 0.6 is 0 Å². The Hall–Kier alpha value is -2.22. The fourth-order valence-corrected chi connectivity index (χ4v) is 4.25. The van der Waals surface area contributed by atoms with Crippen LogP contribution in [0.3, 0.4) is 0 Å². The van der Waals surface area contributed by atoms with E-state index in [-0.39, 0.29) is 11.7 Å². The fourth-order valence-electron chi connectivity index (χ4n) is 3.28. The number of amides is 1. The van der Waals surface area contributed by atoms with Crippen LogP contribution in [0, 0.1) is 0 Å². The minimum absolute atomic E-state index is 0.0373. The van der Waals surface area contributed by atoms with Gasteiger partial charge in [0.05, 0.1) is 24.0 Å². The van der Waals surface area contributed by atoms with Crippen LogP contribution in [0.2, 0.25) is 0 Å². The molecule has 1 atom stereocenters. The maximum Gasteiger partial charge on any atom is 0.233 e. The Morgan fingerprint density at radius 3 is 2.70 bits per heavy atom. The number of fused-ring (bicyclic) bond motifs is 3. The van der Waals surface area contributed by atoms with E-state index in [1.165, 1.54) is 0 Å². The molecular weight excluding hydrogens is 364 g/mol.